The minimum atomic E-state index is -0.302. The smallest absolute Gasteiger partial charge is 0.246 e. The molecular weight excluding hydrogens is 192 g/mol. The minimum Gasteiger partial charge on any atom is -0.370 e. The van der Waals surface area contributed by atoms with Gasteiger partial charge in [0.05, 0.1) is 0 Å². The lowest BCUT2D eigenvalue weighted by atomic mass is 10.1. The van der Waals surface area contributed by atoms with Crippen LogP contribution in [0.1, 0.15) is 32.6 Å². The molecule has 0 aromatic carbocycles. The highest BCUT2D eigenvalue weighted by molar-refractivity contribution is 5.91. The van der Waals surface area contributed by atoms with E-state index in [1.165, 1.54) is 5.57 Å². The molecule has 4 heteroatoms. The summed E-state index contributed by atoms with van der Waals surface area (Å²) in [5, 5.41) is 0. The minimum absolute atomic E-state index is 0.0721. The summed E-state index contributed by atoms with van der Waals surface area (Å²) in [6.07, 6.45) is 4.78. The van der Waals surface area contributed by atoms with Gasteiger partial charge in [-0.1, -0.05) is 13.3 Å². The number of carbonyl (C=O) groups excluding carboxylic acids is 2. The summed E-state index contributed by atoms with van der Waals surface area (Å²) < 4.78 is 0. The Morgan fingerprint density at radius 2 is 2.33 bits per heavy atom. The Hall–Kier alpha value is -1.32. The third-order valence-corrected chi connectivity index (χ3v) is 2.46. The normalized spacial score (nSPS) is 15.7. The summed E-state index contributed by atoms with van der Waals surface area (Å²) >= 11 is 0. The van der Waals surface area contributed by atoms with Crippen molar-refractivity contribution in [2.45, 2.75) is 32.6 Å². The highest BCUT2D eigenvalue weighted by atomic mass is 16.2. The second-order valence-corrected chi connectivity index (χ2v) is 3.88. The second kappa shape index (κ2) is 5.53. The Kier molecular flexibility index (Phi) is 4.34. The van der Waals surface area contributed by atoms with Gasteiger partial charge in [0.1, 0.15) is 0 Å². The number of amides is 2. The number of nitrogens with zero attached hydrogens (tertiary/aromatic N) is 1. The van der Waals surface area contributed by atoms with Gasteiger partial charge >= 0.3 is 0 Å². The summed E-state index contributed by atoms with van der Waals surface area (Å²) in [6.45, 7) is 3.46. The molecule has 0 fully saturated rings. The van der Waals surface area contributed by atoms with Crippen molar-refractivity contribution in [1.29, 1.82) is 0 Å². The third-order valence-electron chi connectivity index (χ3n) is 2.46. The molecule has 0 spiro atoms. The molecule has 0 bridgehead atoms. The van der Waals surface area contributed by atoms with Crippen LogP contribution >= 0.6 is 0 Å². The average Bonchev–Trinajstić information content (AvgIpc) is 2.47. The Balaban J connectivity index is 2.29. The maximum atomic E-state index is 11.5. The lowest BCUT2D eigenvalue weighted by molar-refractivity contribution is -0.125. The molecular formula is C11H18N2O2. The first-order chi connectivity index (χ1) is 7.13. The summed E-state index contributed by atoms with van der Waals surface area (Å²) in [7, 11) is 0. The van der Waals surface area contributed by atoms with Crippen molar-refractivity contribution in [2.24, 2.45) is 5.73 Å². The van der Waals surface area contributed by atoms with E-state index in [4.69, 9.17) is 5.73 Å². The van der Waals surface area contributed by atoms with Crippen LogP contribution in [0.25, 0.3) is 0 Å². The summed E-state index contributed by atoms with van der Waals surface area (Å²) in [4.78, 5) is 23.8. The molecule has 2 amide bonds. The molecule has 1 aliphatic rings. The SMILES string of the molecule is CCCC1=CC(=O)N(CCCC(N)=O)C1. The van der Waals surface area contributed by atoms with Gasteiger partial charge in [-0.05, 0) is 18.4 Å². The molecule has 0 unspecified atom stereocenters. The molecule has 15 heavy (non-hydrogen) atoms. The molecule has 0 saturated heterocycles. The van der Waals surface area contributed by atoms with E-state index in [2.05, 4.69) is 6.92 Å². The first-order valence-electron chi connectivity index (χ1n) is 5.40. The van der Waals surface area contributed by atoms with Crippen LogP contribution in [0.5, 0.6) is 0 Å². The fourth-order valence-electron chi connectivity index (χ4n) is 1.74. The Labute approximate surface area is 90.1 Å². The second-order valence-electron chi connectivity index (χ2n) is 3.88. The fourth-order valence-corrected chi connectivity index (χ4v) is 1.74. The summed E-state index contributed by atoms with van der Waals surface area (Å²) in [5.74, 6) is -0.230. The number of carbonyl (C=O) groups is 2. The van der Waals surface area contributed by atoms with Crippen molar-refractivity contribution in [3.8, 4) is 0 Å². The zero-order valence-corrected chi connectivity index (χ0v) is 9.16. The zero-order valence-electron chi connectivity index (χ0n) is 9.16. The molecule has 0 aromatic rings. The van der Waals surface area contributed by atoms with Crippen LogP contribution in [0, 0.1) is 0 Å². The molecule has 0 aromatic heterocycles. The van der Waals surface area contributed by atoms with Gasteiger partial charge in [-0.15, -0.1) is 0 Å². The van der Waals surface area contributed by atoms with E-state index >= 15 is 0 Å². The van der Waals surface area contributed by atoms with Crippen molar-refractivity contribution in [3.05, 3.63) is 11.6 Å². The molecule has 0 saturated carbocycles. The maximum absolute atomic E-state index is 11.5. The number of primary amides is 1. The molecule has 84 valence electrons. The first-order valence-corrected chi connectivity index (χ1v) is 5.40. The highest BCUT2D eigenvalue weighted by Gasteiger charge is 2.19. The lowest BCUT2D eigenvalue weighted by Crippen LogP contribution is -2.28. The van der Waals surface area contributed by atoms with Crippen LogP contribution in [0.3, 0.4) is 0 Å². The van der Waals surface area contributed by atoms with Crippen molar-refractivity contribution >= 4 is 11.8 Å². The molecule has 1 aliphatic heterocycles. The third kappa shape index (κ3) is 3.73. The standard InChI is InChI=1S/C11H18N2O2/c1-2-4-9-7-11(15)13(8-9)6-3-5-10(12)14/h7H,2-6,8H2,1H3,(H2,12,14). The van der Waals surface area contributed by atoms with Crippen molar-refractivity contribution in [1.82, 2.24) is 4.90 Å². The van der Waals surface area contributed by atoms with E-state index in [0.29, 0.717) is 19.4 Å². The Morgan fingerprint density at radius 1 is 1.60 bits per heavy atom. The van der Waals surface area contributed by atoms with Gasteiger partial charge in [0.25, 0.3) is 0 Å². The largest absolute Gasteiger partial charge is 0.370 e. The van der Waals surface area contributed by atoms with Crippen LogP contribution in [0.15, 0.2) is 11.6 Å². The van der Waals surface area contributed by atoms with Crippen molar-refractivity contribution in [3.63, 3.8) is 0 Å². The van der Waals surface area contributed by atoms with Crippen LogP contribution in [0.4, 0.5) is 0 Å². The fraction of sp³-hybridized carbons (Fsp3) is 0.636. The van der Waals surface area contributed by atoms with Gasteiger partial charge in [0.2, 0.25) is 11.8 Å². The van der Waals surface area contributed by atoms with E-state index < -0.39 is 0 Å². The van der Waals surface area contributed by atoms with Gasteiger partial charge < -0.3 is 10.6 Å². The van der Waals surface area contributed by atoms with Gasteiger partial charge in [-0.2, -0.15) is 0 Å². The quantitative estimate of drug-likeness (QED) is 0.705. The number of hydrogen-bond acceptors (Lipinski definition) is 2. The molecule has 0 radical (unpaired) electrons. The maximum Gasteiger partial charge on any atom is 0.246 e. The van der Waals surface area contributed by atoms with E-state index in [0.717, 1.165) is 19.4 Å². The number of nitrogens with two attached hydrogens (primary N) is 1. The Bertz CT molecular complexity index is 284. The molecule has 0 atom stereocenters. The van der Waals surface area contributed by atoms with Crippen LogP contribution in [-0.4, -0.2) is 29.8 Å². The van der Waals surface area contributed by atoms with Crippen LogP contribution in [0.2, 0.25) is 0 Å². The van der Waals surface area contributed by atoms with Crippen molar-refractivity contribution < 1.29 is 9.59 Å². The van der Waals surface area contributed by atoms with Gasteiger partial charge in [-0.25, -0.2) is 0 Å². The van der Waals surface area contributed by atoms with Crippen LogP contribution in [-0.2, 0) is 9.59 Å². The number of rotatable bonds is 6. The monoisotopic (exact) mass is 210 g/mol. The first kappa shape index (κ1) is 11.8. The van der Waals surface area contributed by atoms with E-state index in [9.17, 15) is 9.59 Å². The van der Waals surface area contributed by atoms with E-state index in [1.54, 1.807) is 11.0 Å². The predicted molar refractivity (Wildman–Crippen MR) is 58.0 cm³/mol. The summed E-state index contributed by atoms with van der Waals surface area (Å²) in [5.41, 5.74) is 6.23. The lowest BCUT2D eigenvalue weighted by Gasteiger charge is -2.15. The zero-order chi connectivity index (χ0) is 11.3. The van der Waals surface area contributed by atoms with Crippen LogP contribution < -0.4 is 5.73 Å². The van der Waals surface area contributed by atoms with E-state index in [-0.39, 0.29) is 11.8 Å². The highest BCUT2D eigenvalue weighted by Crippen LogP contribution is 2.15. The topological polar surface area (TPSA) is 63.4 Å². The predicted octanol–water partition coefficient (Wildman–Crippen LogP) is 0.821. The van der Waals surface area contributed by atoms with Gasteiger partial charge in [0.15, 0.2) is 0 Å². The van der Waals surface area contributed by atoms with Gasteiger partial charge in [-0.3, -0.25) is 9.59 Å². The molecule has 4 nitrogen and oxygen atoms in total. The van der Waals surface area contributed by atoms with E-state index in [1.807, 2.05) is 0 Å². The molecule has 0 aliphatic carbocycles. The van der Waals surface area contributed by atoms with Gasteiger partial charge in [0, 0.05) is 25.6 Å². The molecule has 2 N–H and O–H groups in total. The summed E-state index contributed by atoms with van der Waals surface area (Å²) in [6, 6.07) is 0. The van der Waals surface area contributed by atoms with Crippen molar-refractivity contribution in [2.75, 3.05) is 13.1 Å². The Morgan fingerprint density at radius 3 is 2.93 bits per heavy atom. The molecule has 1 rings (SSSR count). The average molecular weight is 210 g/mol. The molecule has 1 heterocycles. The number of hydrogen-bond donors (Lipinski definition) is 1.